The van der Waals surface area contributed by atoms with E-state index in [-0.39, 0.29) is 36.4 Å². The number of carbonyl (C=O) groups excluding carboxylic acids is 2. The summed E-state index contributed by atoms with van der Waals surface area (Å²) in [7, 11) is 0. The van der Waals surface area contributed by atoms with Crippen molar-refractivity contribution in [1.82, 2.24) is 10.2 Å². The average molecular weight is 283 g/mol. The van der Waals surface area contributed by atoms with Gasteiger partial charge in [0.05, 0.1) is 6.54 Å². The molecule has 3 N–H and O–H groups in total. The van der Waals surface area contributed by atoms with Crippen LogP contribution in [0.4, 0.5) is 0 Å². The highest BCUT2D eigenvalue weighted by Crippen LogP contribution is 2.30. The monoisotopic (exact) mass is 283 g/mol. The molecule has 3 unspecified atom stereocenters. The number of likely N-dealkylation sites (N-methyl/N-ethyl adjacent to an activating group) is 1. The van der Waals surface area contributed by atoms with E-state index in [1.165, 1.54) is 0 Å². The number of nitrogens with two attached hydrogens (primary N) is 1. The maximum atomic E-state index is 12.6. The van der Waals surface area contributed by atoms with Crippen LogP contribution < -0.4 is 11.1 Å². The smallest absolute Gasteiger partial charge is 0.239 e. The predicted octanol–water partition coefficient (Wildman–Crippen LogP) is 1.12. The third kappa shape index (κ3) is 4.78. The van der Waals surface area contributed by atoms with Crippen molar-refractivity contribution >= 4 is 11.8 Å². The van der Waals surface area contributed by atoms with E-state index in [4.69, 9.17) is 5.73 Å². The van der Waals surface area contributed by atoms with E-state index in [2.05, 4.69) is 12.2 Å². The fourth-order valence-corrected chi connectivity index (χ4v) is 2.82. The molecule has 5 heteroatoms. The van der Waals surface area contributed by atoms with Gasteiger partial charge in [-0.2, -0.15) is 0 Å². The van der Waals surface area contributed by atoms with E-state index >= 15 is 0 Å². The molecule has 1 rings (SSSR count). The van der Waals surface area contributed by atoms with Gasteiger partial charge < -0.3 is 16.0 Å². The fourth-order valence-electron chi connectivity index (χ4n) is 2.82. The molecule has 3 atom stereocenters. The molecule has 0 aromatic carbocycles. The topological polar surface area (TPSA) is 75.4 Å². The summed E-state index contributed by atoms with van der Waals surface area (Å²) < 4.78 is 0. The van der Waals surface area contributed by atoms with Crippen LogP contribution in [-0.2, 0) is 9.59 Å². The number of nitrogens with zero attached hydrogens (tertiary/aromatic N) is 1. The quantitative estimate of drug-likeness (QED) is 0.794. The zero-order valence-electron chi connectivity index (χ0n) is 13.2. The maximum Gasteiger partial charge on any atom is 0.239 e. The second-order valence-corrected chi connectivity index (χ2v) is 6.23. The standard InChI is InChI=1S/C15H29N3O2/c1-5-18(9-14(19)17-10(2)3)15(20)13-8-12(16)7-6-11(13)4/h10-13H,5-9,16H2,1-4H3,(H,17,19). The molecule has 0 aromatic heterocycles. The van der Waals surface area contributed by atoms with Gasteiger partial charge in [0.1, 0.15) is 0 Å². The normalized spacial score (nSPS) is 26.4. The van der Waals surface area contributed by atoms with Crippen LogP contribution in [0.5, 0.6) is 0 Å². The summed E-state index contributed by atoms with van der Waals surface area (Å²) in [6.45, 7) is 8.55. The third-order valence-corrected chi connectivity index (χ3v) is 4.03. The molecule has 20 heavy (non-hydrogen) atoms. The van der Waals surface area contributed by atoms with Crippen LogP contribution in [0.25, 0.3) is 0 Å². The van der Waals surface area contributed by atoms with Crippen LogP contribution in [0.2, 0.25) is 0 Å². The van der Waals surface area contributed by atoms with Gasteiger partial charge in [0.15, 0.2) is 0 Å². The van der Waals surface area contributed by atoms with Crippen LogP contribution in [0.3, 0.4) is 0 Å². The highest BCUT2D eigenvalue weighted by atomic mass is 16.2. The second-order valence-electron chi connectivity index (χ2n) is 6.23. The highest BCUT2D eigenvalue weighted by molar-refractivity contribution is 5.86. The highest BCUT2D eigenvalue weighted by Gasteiger charge is 2.34. The summed E-state index contributed by atoms with van der Waals surface area (Å²) in [5, 5.41) is 2.83. The van der Waals surface area contributed by atoms with Crippen LogP contribution in [0.1, 0.15) is 47.0 Å². The molecule has 0 spiro atoms. The minimum Gasteiger partial charge on any atom is -0.352 e. The van der Waals surface area contributed by atoms with Crippen molar-refractivity contribution in [3.63, 3.8) is 0 Å². The largest absolute Gasteiger partial charge is 0.352 e. The number of rotatable bonds is 5. The summed E-state index contributed by atoms with van der Waals surface area (Å²) in [4.78, 5) is 26.1. The van der Waals surface area contributed by atoms with Gasteiger partial charge in [-0.1, -0.05) is 6.92 Å². The van der Waals surface area contributed by atoms with Crippen molar-refractivity contribution in [3.05, 3.63) is 0 Å². The minimum atomic E-state index is -0.0945. The van der Waals surface area contributed by atoms with Gasteiger partial charge in [-0.05, 0) is 46.0 Å². The molecule has 1 aliphatic carbocycles. The fraction of sp³-hybridized carbons (Fsp3) is 0.867. The molecular weight excluding hydrogens is 254 g/mol. The van der Waals surface area contributed by atoms with Gasteiger partial charge in [-0.15, -0.1) is 0 Å². The molecule has 0 heterocycles. The van der Waals surface area contributed by atoms with Crippen LogP contribution in [0.15, 0.2) is 0 Å². The van der Waals surface area contributed by atoms with E-state index in [9.17, 15) is 9.59 Å². The van der Waals surface area contributed by atoms with E-state index in [0.29, 0.717) is 12.5 Å². The lowest BCUT2D eigenvalue weighted by molar-refractivity contribution is -0.141. The number of hydrogen-bond acceptors (Lipinski definition) is 3. The Bertz CT molecular complexity index is 344. The van der Waals surface area contributed by atoms with E-state index in [1.54, 1.807) is 4.90 Å². The van der Waals surface area contributed by atoms with Crippen LogP contribution in [-0.4, -0.2) is 41.9 Å². The van der Waals surface area contributed by atoms with Crippen molar-refractivity contribution in [1.29, 1.82) is 0 Å². The first kappa shape index (κ1) is 17.0. The number of amides is 2. The van der Waals surface area contributed by atoms with E-state index in [1.807, 2.05) is 20.8 Å². The zero-order valence-corrected chi connectivity index (χ0v) is 13.2. The lowest BCUT2D eigenvalue weighted by Crippen LogP contribution is -2.48. The average Bonchev–Trinajstić information content (AvgIpc) is 2.37. The Labute approximate surface area is 122 Å². The molecule has 0 radical (unpaired) electrons. The second kappa shape index (κ2) is 7.62. The van der Waals surface area contributed by atoms with Crippen molar-refractivity contribution in [3.8, 4) is 0 Å². The van der Waals surface area contributed by atoms with Crippen molar-refractivity contribution in [2.45, 2.75) is 59.0 Å². The zero-order chi connectivity index (χ0) is 15.3. The first-order valence-electron chi connectivity index (χ1n) is 7.68. The first-order chi connectivity index (χ1) is 9.35. The summed E-state index contributed by atoms with van der Waals surface area (Å²) in [6, 6.07) is 0.210. The molecule has 0 aromatic rings. The maximum absolute atomic E-state index is 12.6. The Kier molecular flexibility index (Phi) is 6.46. The first-order valence-corrected chi connectivity index (χ1v) is 7.68. The van der Waals surface area contributed by atoms with Gasteiger partial charge in [0.2, 0.25) is 11.8 Å². The van der Waals surface area contributed by atoms with Crippen LogP contribution >= 0.6 is 0 Å². The van der Waals surface area contributed by atoms with Crippen molar-refractivity contribution in [2.75, 3.05) is 13.1 Å². The minimum absolute atomic E-state index is 0.0365. The Morgan fingerprint density at radius 3 is 2.55 bits per heavy atom. The molecule has 0 aliphatic heterocycles. The number of hydrogen-bond donors (Lipinski definition) is 2. The summed E-state index contributed by atoms with van der Waals surface area (Å²) in [5.74, 6) is 0.298. The Morgan fingerprint density at radius 1 is 1.35 bits per heavy atom. The molecule has 116 valence electrons. The molecule has 1 fully saturated rings. The third-order valence-electron chi connectivity index (χ3n) is 4.03. The predicted molar refractivity (Wildman–Crippen MR) is 80.0 cm³/mol. The lowest BCUT2D eigenvalue weighted by atomic mass is 9.77. The molecular formula is C15H29N3O2. The van der Waals surface area contributed by atoms with Gasteiger partial charge in [0.25, 0.3) is 0 Å². The Morgan fingerprint density at radius 2 is 2.00 bits per heavy atom. The van der Waals surface area contributed by atoms with Crippen molar-refractivity contribution < 1.29 is 9.59 Å². The van der Waals surface area contributed by atoms with Gasteiger partial charge in [-0.25, -0.2) is 0 Å². The van der Waals surface area contributed by atoms with Crippen molar-refractivity contribution in [2.24, 2.45) is 17.6 Å². The Hall–Kier alpha value is -1.10. The van der Waals surface area contributed by atoms with E-state index < -0.39 is 0 Å². The SMILES string of the molecule is CCN(CC(=O)NC(C)C)C(=O)C1CC(N)CCC1C. The van der Waals surface area contributed by atoms with E-state index in [0.717, 1.165) is 19.3 Å². The molecule has 0 saturated heterocycles. The molecule has 0 bridgehead atoms. The molecule has 1 aliphatic rings. The summed E-state index contributed by atoms with van der Waals surface area (Å²) >= 11 is 0. The summed E-state index contributed by atoms with van der Waals surface area (Å²) in [6.07, 6.45) is 2.72. The summed E-state index contributed by atoms with van der Waals surface area (Å²) in [5.41, 5.74) is 5.98. The molecule has 2 amide bonds. The number of nitrogens with one attached hydrogen (secondary N) is 1. The van der Waals surface area contributed by atoms with Gasteiger partial charge in [0, 0.05) is 24.5 Å². The van der Waals surface area contributed by atoms with Crippen LogP contribution in [0, 0.1) is 11.8 Å². The molecule has 1 saturated carbocycles. The van der Waals surface area contributed by atoms with Gasteiger partial charge >= 0.3 is 0 Å². The Balaban J connectivity index is 2.63. The number of carbonyl (C=O) groups is 2. The molecule has 5 nitrogen and oxygen atoms in total. The van der Waals surface area contributed by atoms with Gasteiger partial charge in [-0.3, -0.25) is 9.59 Å². The lowest BCUT2D eigenvalue weighted by Gasteiger charge is -2.35.